The molecule has 6 nitrogen and oxygen atoms in total. The van der Waals surface area contributed by atoms with Crippen molar-refractivity contribution in [3.8, 4) is 0 Å². The molecule has 30 heavy (non-hydrogen) atoms. The Morgan fingerprint density at radius 2 is 1.63 bits per heavy atom. The third-order valence-electron chi connectivity index (χ3n) is 7.67. The van der Waals surface area contributed by atoms with Crippen LogP contribution in [0.15, 0.2) is 24.3 Å². The first-order valence-electron chi connectivity index (χ1n) is 11.1. The van der Waals surface area contributed by atoms with Gasteiger partial charge in [0.05, 0.1) is 11.8 Å². The van der Waals surface area contributed by atoms with Gasteiger partial charge in [-0.2, -0.15) is 0 Å². The van der Waals surface area contributed by atoms with Gasteiger partial charge in [0.2, 0.25) is 11.8 Å². The van der Waals surface area contributed by atoms with Crippen LogP contribution in [0.3, 0.4) is 0 Å². The molecule has 1 aromatic carbocycles. The van der Waals surface area contributed by atoms with Crippen molar-refractivity contribution in [3.05, 3.63) is 35.4 Å². The third-order valence-corrected chi connectivity index (χ3v) is 7.67. The molecule has 3 heterocycles. The van der Waals surface area contributed by atoms with E-state index in [2.05, 4.69) is 4.90 Å². The topological polar surface area (TPSA) is 90.5 Å². The van der Waals surface area contributed by atoms with Gasteiger partial charge < -0.3 is 5.73 Å². The lowest BCUT2D eigenvalue weighted by atomic mass is 9.85. The molecule has 3 aliphatic heterocycles. The minimum Gasteiger partial charge on any atom is -0.384 e. The zero-order chi connectivity index (χ0) is 20.1. The van der Waals surface area contributed by atoms with Crippen molar-refractivity contribution in [1.29, 1.82) is 5.41 Å². The van der Waals surface area contributed by atoms with Crippen LogP contribution in [0.4, 0.5) is 0 Å². The van der Waals surface area contributed by atoms with Crippen molar-refractivity contribution < 1.29 is 9.59 Å². The van der Waals surface area contributed by atoms with Crippen molar-refractivity contribution in [2.24, 2.45) is 23.5 Å². The number of nitrogens with one attached hydrogen (secondary N) is 1. The average molecular weight is 431 g/mol. The summed E-state index contributed by atoms with van der Waals surface area (Å²) in [6.45, 7) is 1.56. The van der Waals surface area contributed by atoms with E-state index in [0.29, 0.717) is 18.0 Å². The van der Waals surface area contributed by atoms with Gasteiger partial charge in [-0.15, -0.1) is 12.4 Å². The van der Waals surface area contributed by atoms with Crippen molar-refractivity contribution in [1.82, 2.24) is 9.80 Å². The predicted octanol–water partition coefficient (Wildman–Crippen LogP) is 3.09. The summed E-state index contributed by atoms with van der Waals surface area (Å²) in [5.74, 6) is 0.186. The minimum absolute atomic E-state index is 0. The number of likely N-dealkylation sites (tertiary alicyclic amines) is 1. The molecule has 3 N–H and O–H groups in total. The van der Waals surface area contributed by atoms with Crippen molar-refractivity contribution in [2.45, 2.75) is 57.0 Å². The standard InChI is InChI=1S/C23H30N4O2.ClH/c24-21(25)16-10-8-15(9-11-16)20-19-18(17-7-4-12-26(17)20)22(28)27(23(19)29)13-14-5-2-1-3-6-14;/h8-11,14,17-20H,1-7,12-13H2,(H3,24,25);1H. The zero-order valence-electron chi connectivity index (χ0n) is 17.3. The van der Waals surface area contributed by atoms with Gasteiger partial charge in [0, 0.05) is 24.2 Å². The number of fused-ring (bicyclic) bond motifs is 3. The van der Waals surface area contributed by atoms with Crippen LogP contribution in [0.25, 0.3) is 0 Å². The molecule has 4 aliphatic rings. The van der Waals surface area contributed by atoms with E-state index >= 15 is 0 Å². The third kappa shape index (κ3) is 3.34. The number of halogens is 1. The summed E-state index contributed by atoms with van der Waals surface area (Å²) in [6, 6.07) is 7.84. The lowest BCUT2D eigenvalue weighted by molar-refractivity contribution is -0.142. The van der Waals surface area contributed by atoms with Gasteiger partial charge in [-0.05, 0) is 43.7 Å². The molecular weight excluding hydrogens is 400 g/mol. The van der Waals surface area contributed by atoms with Crippen LogP contribution >= 0.6 is 12.4 Å². The largest absolute Gasteiger partial charge is 0.384 e. The van der Waals surface area contributed by atoms with Crippen LogP contribution < -0.4 is 5.73 Å². The number of hydrogen-bond acceptors (Lipinski definition) is 4. The number of amidine groups is 1. The number of carbonyl (C=O) groups is 2. The van der Waals surface area contributed by atoms with Gasteiger partial charge in [-0.25, -0.2) is 0 Å². The molecule has 3 saturated heterocycles. The molecule has 7 heteroatoms. The predicted molar refractivity (Wildman–Crippen MR) is 117 cm³/mol. The van der Waals surface area contributed by atoms with Gasteiger partial charge >= 0.3 is 0 Å². The summed E-state index contributed by atoms with van der Waals surface area (Å²) in [5.41, 5.74) is 7.36. The Hall–Kier alpha value is -1.92. The molecule has 0 aromatic heterocycles. The lowest BCUT2D eigenvalue weighted by Gasteiger charge is -2.31. The zero-order valence-corrected chi connectivity index (χ0v) is 18.1. The van der Waals surface area contributed by atoms with Gasteiger partial charge in [-0.3, -0.25) is 24.8 Å². The summed E-state index contributed by atoms with van der Waals surface area (Å²) in [6.07, 6.45) is 8.07. The molecule has 2 amide bonds. The smallest absolute Gasteiger partial charge is 0.235 e. The Morgan fingerprint density at radius 3 is 2.30 bits per heavy atom. The Bertz CT molecular complexity index is 836. The quantitative estimate of drug-likeness (QED) is 0.436. The molecule has 5 rings (SSSR count). The highest BCUT2D eigenvalue weighted by Gasteiger charge is 2.62. The van der Waals surface area contributed by atoms with E-state index in [-0.39, 0.29) is 54.0 Å². The first-order valence-corrected chi connectivity index (χ1v) is 11.1. The number of nitrogen functional groups attached to an aromatic ring is 1. The van der Waals surface area contributed by atoms with E-state index in [4.69, 9.17) is 11.1 Å². The van der Waals surface area contributed by atoms with Crippen LogP contribution in [0, 0.1) is 23.2 Å². The van der Waals surface area contributed by atoms with E-state index in [1.54, 1.807) is 4.90 Å². The first kappa shape index (κ1) is 21.3. The maximum atomic E-state index is 13.5. The molecule has 0 spiro atoms. The molecule has 4 atom stereocenters. The number of carbonyl (C=O) groups excluding carboxylic acids is 2. The van der Waals surface area contributed by atoms with Crippen molar-refractivity contribution in [3.63, 3.8) is 0 Å². The van der Waals surface area contributed by atoms with Crippen LogP contribution in [-0.2, 0) is 9.59 Å². The number of nitrogens with zero attached hydrogens (tertiary/aromatic N) is 2. The first-order chi connectivity index (χ1) is 14.1. The molecule has 0 bridgehead atoms. The number of imide groups is 1. The van der Waals surface area contributed by atoms with Gasteiger partial charge in [0.1, 0.15) is 5.84 Å². The highest BCUT2D eigenvalue weighted by Crippen LogP contribution is 2.53. The number of benzene rings is 1. The maximum Gasteiger partial charge on any atom is 0.235 e. The summed E-state index contributed by atoms with van der Waals surface area (Å²) < 4.78 is 0. The van der Waals surface area contributed by atoms with E-state index in [9.17, 15) is 9.59 Å². The molecule has 1 saturated carbocycles. The Balaban J connectivity index is 0.00000218. The Morgan fingerprint density at radius 1 is 0.967 bits per heavy atom. The number of nitrogens with two attached hydrogens (primary N) is 1. The fourth-order valence-electron chi connectivity index (χ4n) is 6.33. The molecule has 4 fully saturated rings. The van der Waals surface area contributed by atoms with E-state index in [1.807, 2.05) is 24.3 Å². The van der Waals surface area contributed by atoms with Gasteiger partial charge in [0.15, 0.2) is 0 Å². The van der Waals surface area contributed by atoms with E-state index < -0.39 is 0 Å². The molecule has 4 unspecified atom stereocenters. The second kappa shape index (κ2) is 8.31. The van der Waals surface area contributed by atoms with Crippen LogP contribution in [0.2, 0.25) is 0 Å². The van der Waals surface area contributed by atoms with Crippen LogP contribution in [0.1, 0.15) is 62.1 Å². The lowest BCUT2D eigenvalue weighted by Crippen LogP contribution is -2.41. The van der Waals surface area contributed by atoms with Crippen molar-refractivity contribution in [2.75, 3.05) is 13.1 Å². The van der Waals surface area contributed by atoms with Crippen LogP contribution in [-0.4, -0.2) is 46.6 Å². The fraction of sp³-hybridized carbons (Fsp3) is 0.609. The maximum absolute atomic E-state index is 13.5. The average Bonchev–Trinajstić information content (AvgIpc) is 3.37. The highest BCUT2D eigenvalue weighted by molar-refractivity contribution is 6.06. The summed E-state index contributed by atoms with van der Waals surface area (Å²) in [7, 11) is 0. The second-order valence-electron chi connectivity index (χ2n) is 9.27. The summed E-state index contributed by atoms with van der Waals surface area (Å²) in [5, 5.41) is 7.62. The number of hydrogen-bond donors (Lipinski definition) is 2. The Kier molecular flexibility index (Phi) is 5.90. The van der Waals surface area contributed by atoms with Crippen molar-refractivity contribution >= 4 is 30.1 Å². The van der Waals surface area contributed by atoms with Gasteiger partial charge in [-0.1, -0.05) is 43.5 Å². The molecule has 0 radical (unpaired) electrons. The molecule has 1 aliphatic carbocycles. The molecule has 1 aromatic rings. The molecular formula is C23H31ClN4O2. The van der Waals surface area contributed by atoms with E-state index in [1.165, 1.54) is 19.3 Å². The van der Waals surface area contributed by atoms with E-state index in [0.717, 1.165) is 37.8 Å². The van der Waals surface area contributed by atoms with Crippen LogP contribution in [0.5, 0.6) is 0 Å². The second-order valence-corrected chi connectivity index (χ2v) is 9.27. The monoisotopic (exact) mass is 430 g/mol. The SMILES string of the molecule is Cl.N=C(N)c1ccc(C2C3C(=O)N(CC4CCCCC4)C(=O)C3C3CCCN32)cc1. The Labute approximate surface area is 184 Å². The summed E-state index contributed by atoms with van der Waals surface area (Å²) in [4.78, 5) is 30.9. The van der Waals surface area contributed by atoms with Gasteiger partial charge in [0.25, 0.3) is 0 Å². The highest BCUT2D eigenvalue weighted by atomic mass is 35.5. The molecule has 162 valence electrons. The number of amides is 2. The normalized spacial score (nSPS) is 31.5. The summed E-state index contributed by atoms with van der Waals surface area (Å²) >= 11 is 0. The fourth-order valence-corrected chi connectivity index (χ4v) is 6.33. The minimum atomic E-state index is -0.264. The number of rotatable bonds is 4.